The fourth-order valence-electron chi connectivity index (χ4n) is 8.43. The average molecular weight is 1020 g/mol. The SMILES string of the molecule is CCCCCCC/C=C\C/C=C\C/C=C\CCCCCCCCCCCCCCCCCCCCC(=O)OC(COC(=O)CCCCCCC/C=C\CCCCCCC)COP(=O)(O)OCC[N+](C)(C)C. The van der Waals surface area contributed by atoms with Crippen LogP contribution < -0.4 is 0 Å². The van der Waals surface area contributed by atoms with Gasteiger partial charge in [0.25, 0.3) is 0 Å². The third kappa shape index (κ3) is 57.1. The number of phosphoric ester groups is 1. The Morgan fingerprint density at radius 1 is 0.437 bits per heavy atom. The Balaban J connectivity index is 4.02. The molecule has 10 heteroatoms. The van der Waals surface area contributed by atoms with E-state index in [0.29, 0.717) is 17.4 Å². The van der Waals surface area contributed by atoms with Gasteiger partial charge in [-0.1, -0.05) is 236 Å². The standard InChI is InChI=1S/C61H114NO8P/c1-6-8-10-12-14-16-18-20-22-23-24-25-26-27-28-29-30-31-32-33-34-35-36-37-38-39-40-42-44-46-48-50-52-54-61(64)70-59(58-69-71(65,66)68-56-55-62(3,4)5)57-67-60(63)53-51-49-47-45-43-41-21-19-17-15-13-11-9-7-2/h18-21,23-24,26-27,59H,6-17,22,25,28-58H2,1-5H3/p+1/b20-18-,21-19-,24-23-,27-26-. The minimum Gasteiger partial charge on any atom is -0.462 e. The van der Waals surface area contributed by atoms with Crippen LogP contribution in [0.25, 0.3) is 0 Å². The molecule has 0 aromatic carbocycles. The lowest BCUT2D eigenvalue weighted by Crippen LogP contribution is -2.37. The monoisotopic (exact) mass is 1020 g/mol. The Morgan fingerprint density at radius 2 is 0.761 bits per heavy atom. The molecule has 0 aromatic heterocycles. The van der Waals surface area contributed by atoms with E-state index in [1.165, 1.54) is 180 Å². The van der Waals surface area contributed by atoms with Crippen molar-refractivity contribution in [3.63, 3.8) is 0 Å². The molecular formula is C61H115NO8P+. The van der Waals surface area contributed by atoms with Crippen molar-refractivity contribution in [1.82, 2.24) is 0 Å². The van der Waals surface area contributed by atoms with Gasteiger partial charge < -0.3 is 18.9 Å². The summed E-state index contributed by atoms with van der Waals surface area (Å²) < 4.78 is 34.5. The molecule has 0 saturated carbocycles. The van der Waals surface area contributed by atoms with Crippen LogP contribution in [0, 0.1) is 0 Å². The van der Waals surface area contributed by atoms with Crippen LogP contribution in [-0.2, 0) is 32.7 Å². The van der Waals surface area contributed by atoms with Crippen LogP contribution in [0.2, 0.25) is 0 Å². The number of hydrogen-bond donors (Lipinski definition) is 1. The first kappa shape index (κ1) is 69.0. The predicted octanol–water partition coefficient (Wildman–Crippen LogP) is 18.5. The minimum absolute atomic E-state index is 0.0312. The number of phosphoric acid groups is 1. The lowest BCUT2D eigenvalue weighted by Gasteiger charge is -2.24. The molecule has 0 aromatic rings. The van der Waals surface area contributed by atoms with Gasteiger partial charge >= 0.3 is 19.8 Å². The number of carbonyl (C=O) groups is 2. The molecular weight excluding hydrogens is 906 g/mol. The van der Waals surface area contributed by atoms with Crippen molar-refractivity contribution in [3.05, 3.63) is 48.6 Å². The summed E-state index contributed by atoms with van der Waals surface area (Å²) in [7, 11) is 1.48. The van der Waals surface area contributed by atoms with E-state index in [2.05, 4.69) is 62.5 Å². The zero-order valence-electron chi connectivity index (χ0n) is 47.2. The second-order valence-electron chi connectivity index (χ2n) is 21.4. The number of unbranched alkanes of at least 4 members (excludes halogenated alkanes) is 33. The highest BCUT2D eigenvalue weighted by molar-refractivity contribution is 7.47. The smallest absolute Gasteiger partial charge is 0.462 e. The summed E-state index contributed by atoms with van der Waals surface area (Å²) in [4.78, 5) is 35.6. The van der Waals surface area contributed by atoms with E-state index in [4.69, 9.17) is 18.5 Å². The highest BCUT2D eigenvalue weighted by Gasteiger charge is 2.27. The molecule has 0 aliphatic carbocycles. The van der Waals surface area contributed by atoms with Crippen molar-refractivity contribution < 1.29 is 42.1 Å². The minimum atomic E-state index is -4.38. The topological polar surface area (TPSA) is 108 Å². The van der Waals surface area contributed by atoms with Crippen molar-refractivity contribution in [1.29, 1.82) is 0 Å². The molecule has 416 valence electrons. The van der Waals surface area contributed by atoms with E-state index in [0.717, 1.165) is 64.2 Å². The highest BCUT2D eigenvalue weighted by atomic mass is 31.2. The van der Waals surface area contributed by atoms with E-state index >= 15 is 0 Å². The zero-order valence-corrected chi connectivity index (χ0v) is 48.1. The number of carbonyl (C=O) groups excluding carboxylic acids is 2. The second kappa shape index (κ2) is 52.8. The molecule has 0 radical (unpaired) electrons. The Labute approximate surface area is 439 Å². The van der Waals surface area contributed by atoms with Crippen LogP contribution in [0.4, 0.5) is 0 Å². The molecule has 1 N–H and O–H groups in total. The fourth-order valence-corrected chi connectivity index (χ4v) is 9.17. The van der Waals surface area contributed by atoms with Gasteiger partial charge in [-0.2, -0.15) is 0 Å². The molecule has 2 atom stereocenters. The van der Waals surface area contributed by atoms with E-state index < -0.39 is 26.5 Å². The van der Waals surface area contributed by atoms with E-state index in [1.807, 2.05) is 21.1 Å². The molecule has 71 heavy (non-hydrogen) atoms. The predicted molar refractivity (Wildman–Crippen MR) is 303 cm³/mol. The molecule has 0 saturated heterocycles. The Bertz CT molecular complexity index is 1340. The molecule has 0 rings (SSSR count). The largest absolute Gasteiger partial charge is 0.472 e. The van der Waals surface area contributed by atoms with Gasteiger partial charge in [0.05, 0.1) is 27.7 Å². The van der Waals surface area contributed by atoms with E-state index in [1.54, 1.807) is 0 Å². The maximum atomic E-state index is 12.8. The summed E-state index contributed by atoms with van der Waals surface area (Å²) in [6.07, 6.45) is 66.2. The molecule has 0 amide bonds. The van der Waals surface area contributed by atoms with Crippen LogP contribution in [-0.4, -0.2) is 74.9 Å². The van der Waals surface area contributed by atoms with Crippen molar-refractivity contribution in [2.24, 2.45) is 0 Å². The molecule has 0 aliphatic rings. The van der Waals surface area contributed by atoms with Gasteiger partial charge in [0.2, 0.25) is 0 Å². The fraction of sp³-hybridized carbons (Fsp3) is 0.836. The number of rotatable bonds is 55. The van der Waals surface area contributed by atoms with E-state index in [9.17, 15) is 19.0 Å². The van der Waals surface area contributed by atoms with Gasteiger partial charge in [-0.05, 0) is 77.0 Å². The number of esters is 2. The highest BCUT2D eigenvalue weighted by Crippen LogP contribution is 2.43. The van der Waals surface area contributed by atoms with Crippen LogP contribution in [0.1, 0.15) is 277 Å². The van der Waals surface area contributed by atoms with Gasteiger partial charge in [0, 0.05) is 12.8 Å². The molecule has 9 nitrogen and oxygen atoms in total. The number of hydrogen-bond acceptors (Lipinski definition) is 7. The van der Waals surface area contributed by atoms with Gasteiger partial charge in [-0.15, -0.1) is 0 Å². The quantitative estimate of drug-likeness (QED) is 0.0211. The Morgan fingerprint density at radius 3 is 1.14 bits per heavy atom. The Hall–Kier alpha value is -2.03. The normalized spacial score (nSPS) is 13.6. The summed E-state index contributed by atoms with van der Waals surface area (Å²) in [5.74, 6) is -0.798. The molecule has 0 spiro atoms. The number of nitrogens with zero attached hydrogens (tertiary/aromatic N) is 1. The van der Waals surface area contributed by atoms with E-state index in [-0.39, 0.29) is 32.0 Å². The van der Waals surface area contributed by atoms with Crippen LogP contribution >= 0.6 is 7.82 Å². The van der Waals surface area contributed by atoms with Gasteiger partial charge in [0.1, 0.15) is 19.8 Å². The number of allylic oxidation sites excluding steroid dienone is 8. The lowest BCUT2D eigenvalue weighted by atomic mass is 10.0. The number of ether oxygens (including phenoxy) is 2. The number of quaternary nitrogens is 1. The van der Waals surface area contributed by atoms with Crippen molar-refractivity contribution in [2.75, 3.05) is 47.5 Å². The molecule has 0 fully saturated rings. The molecule has 0 aliphatic heterocycles. The van der Waals surface area contributed by atoms with Gasteiger partial charge in [0.15, 0.2) is 6.10 Å². The first-order valence-corrected chi connectivity index (χ1v) is 31.4. The second-order valence-corrected chi connectivity index (χ2v) is 22.8. The first-order valence-electron chi connectivity index (χ1n) is 29.9. The molecule has 0 heterocycles. The summed E-state index contributed by atoms with van der Waals surface area (Å²) in [5, 5.41) is 0. The number of likely N-dealkylation sites (N-methyl/N-ethyl adjacent to an activating group) is 1. The zero-order chi connectivity index (χ0) is 52.0. The maximum absolute atomic E-state index is 12.8. The Kier molecular flexibility index (Phi) is 51.3. The average Bonchev–Trinajstić information content (AvgIpc) is 3.33. The third-order valence-electron chi connectivity index (χ3n) is 13.1. The summed E-state index contributed by atoms with van der Waals surface area (Å²) in [5.41, 5.74) is 0. The first-order chi connectivity index (χ1) is 34.5. The van der Waals surface area contributed by atoms with Crippen molar-refractivity contribution in [2.45, 2.75) is 283 Å². The van der Waals surface area contributed by atoms with Crippen molar-refractivity contribution >= 4 is 19.8 Å². The molecule has 2 unspecified atom stereocenters. The van der Waals surface area contributed by atoms with Crippen LogP contribution in [0.3, 0.4) is 0 Å². The maximum Gasteiger partial charge on any atom is 0.472 e. The van der Waals surface area contributed by atoms with Crippen LogP contribution in [0.15, 0.2) is 48.6 Å². The summed E-state index contributed by atoms with van der Waals surface area (Å²) >= 11 is 0. The lowest BCUT2D eigenvalue weighted by molar-refractivity contribution is -0.870. The van der Waals surface area contributed by atoms with Gasteiger partial charge in [-0.25, -0.2) is 4.57 Å². The summed E-state index contributed by atoms with van der Waals surface area (Å²) in [6.45, 7) is 4.43. The van der Waals surface area contributed by atoms with Gasteiger partial charge in [-0.3, -0.25) is 18.6 Å². The molecule has 0 bridgehead atoms. The summed E-state index contributed by atoms with van der Waals surface area (Å²) in [6, 6.07) is 0. The van der Waals surface area contributed by atoms with Crippen molar-refractivity contribution in [3.8, 4) is 0 Å². The van der Waals surface area contributed by atoms with Crippen LogP contribution in [0.5, 0.6) is 0 Å². The third-order valence-corrected chi connectivity index (χ3v) is 14.1.